The molecule has 35 heavy (non-hydrogen) atoms. The molecule has 6 unspecified atom stereocenters. The zero-order valence-corrected chi connectivity index (χ0v) is 19.9. The molecule has 1 spiro atoms. The Hall–Kier alpha value is -2.60. The summed E-state index contributed by atoms with van der Waals surface area (Å²) in [6.07, 6.45) is 0.298. The van der Waals surface area contributed by atoms with E-state index in [4.69, 9.17) is 26.5 Å². The number of hydrogen-bond acceptors (Lipinski definition) is 14. The number of aliphatic imine (C=N–C) groups is 2. The molecule has 0 aromatic heterocycles. The first-order chi connectivity index (χ1) is 16.0. The van der Waals surface area contributed by atoms with Crippen molar-refractivity contribution in [2.75, 3.05) is 13.2 Å². The lowest BCUT2D eigenvalue weighted by molar-refractivity contribution is -0.253. The van der Waals surface area contributed by atoms with Gasteiger partial charge in [0.05, 0.1) is 13.2 Å². The smallest absolute Gasteiger partial charge is 0.370 e. The largest absolute Gasteiger partial charge is 0.397 e. The van der Waals surface area contributed by atoms with Crippen molar-refractivity contribution in [2.45, 2.75) is 55.6 Å². The van der Waals surface area contributed by atoms with E-state index in [0.29, 0.717) is 17.6 Å². The lowest BCUT2D eigenvalue weighted by Gasteiger charge is -2.49. The van der Waals surface area contributed by atoms with Crippen molar-refractivity contribution in [3.8, 4) is 0 Å². The highest BCUT2D eigenvalue weighted by Gasteiger charge is 2.74. The number of nitrogens with one attached hydrogen (secondary N) is 1. The molecule has 1 saturated heterocycles. The summed E-state index contributed by atoms with van der Waals surface area (Å²) in [4.78, 5) is 22.7. The van der Waals surface area contributed by atoms with E-state index in [9.17, 15) is 23.4 Å². The molecule has 3 aliphatic heterocycles. The molecule has 4 aliphatic rings. The van der Waals surface area contributed by atoms with Crippen molar-refractivity contribution in [1.29, 1.82) is 0 Å². The topological polar surface area (TPSA) is 248 Å². The fourth-order valence-corrected chi connectivity index (χ4v) is 5.76. The molecule has 1 aliphatic carbocycles. The second kappa shape index (κ2) is 7.95. The molecule has 0 bridgehead atoms. The number of allylic oxidation sites excluding steroid dienone is 1. The van der Waals surface area contributed by atoms with Gasteiger partial charge in [-0.05, 0) is 25.8 Å². The van der Waals surface area contributed by atoms with Crippen LogP contribution in [0.3, 0.4) is 0 Å². The minimum atomic E-state index is -5.07. The van der Waals surface area contributed by atoms with Crippen LogP contribution in [0.4, 0.5) is 0 Å². The highest BCUT2D eigenvalue weighted by atomic mass is 32.3. The zero-order valence-electron chi connectivity index (χ0n) is 19.1. The van der Waals surface area contributed by atoms with Crippen LogP contribution in [0.2, 0.25) is 0 Å². The van der Waals surface area contributed by atoms with E-state index in [1.54, 1.807) is 19.9 Å². The van der Waals surface area contributed by atoms with Crippen molar-refractivity contribution >= 4 is 28.1 Å². The third-order valence-electron chi connectivity index (χ3n) is 6.96. The van der Waals surface area contributed by atoms with Crippen LogP contribution in [0, 0.1) is 5.92 Å². The van der Waals surface area contributed by atoms with Crippen LogP contribution in [-0.4, -0.2) is 94.3 Å². The molecule has 15 nitrogen and oxygen atoms in total. The Morgan fingerprint density at radius 1 is 1.37 bits per heavy atom. The number of ketones is 1. The lowest BCUT2D eigenvalue weighted by Crippen LogP contribution is -2.77. The van der Waals surface area contributed by atoms with Crippen LogP contribution in [-0.2, 0) is 24.1 Å². The van der Waals surface area contributed by atoms with Crippen molar-refractivity contribution in [3.05, 3.63) is 23.8 Å². The van der Waals surface area contributed by atoms with Gasteiger partial charge in [0.1, 0.15) is 12.1 Å². The number of nitrogens with two attached hydrogens (primary N) is 3. The quantitative estimate of drug-likeness (QED) is 0.104. The summed E-state index contributed by atoms with van der Waals surface area (Å²) in [5.74, 6) is -4.41. The summed E-state index contributed by atoms with van der Waals surface area (Å²) < 4.78 is 42.2. The first-order valence-corrected chi connectivity index (χ1v) is 12.0. The number of hydrogen-bond donors (Lipinski definition) is 7. The maximum absolute atomic E-state index is 13.0. The molecule has 3 heterocycles. The fourth-order valence-electron chi connectivity index (χ4n) is 5.27. The Morgan fingerprint density at radius 3 is 2.63 bits per heavy atom. The SMILES string of the molecule is C=C(C)C1CC=C(C)C(=O)C1(N)OCC1N=C(N)N2CC(OS(=O)(=O)O)C(O)(O)C23NC(N)=NC13. The second-order valence-electron chi connectivity index (χ2n) is 9.21. The number of guanidine groups is 2. The van der Waals surface area contributed by atoms with Gasteiger partial charge < -0.3 is 36.6 Å². The number of ether oxygens (including phenoxy) is 1. The molecule has 0 aromatic rings. The Balaban J connectivity index is 1.69. The maximum atomic E-state index is 13.0. The minimum absolute atomic E-state index is 0.218. The Kier molecular flexibility index (Phi) is 5.79. The first kappa shape index (κ1) is 25.5. The highest BCUT2D eigenvalue weighted by Crippen LogP contribution is 2.46. The molecular weight excluding hydrogens is 486 g/mol. The summed E-state index contributed by atoms with van der Waals surface area (Å²) in [7, 11) is -5.07. The van der Waals surface area contributed by atoms with Crippen LogP contribution >= 0.6 is 0 Å². The average Bonchev–Trinajstić information content (AvgIpc) is 3.19. The number of carbonyl (C=O) groups excluding carboxylic acids is 1. The van der Waals surface area contributed by atoms with E-state index < -0.39 is 64.0 Å². The maximum Gasteiger partial charge on any atom is 0.397 e. The summed E-state index contributed by atoms with van der Waals surface area (Å²) in [5.41, 5.74) is 15.7. The van der Waals surface area contributed by atoms with Gasteiger partial charge in [0.2, 0.25) is 11.6 Å². The van der Waals surface area contributed by atoms with Crippen LogP contribution < -0.4 is 22.5 Å². The van der Waals surface area contributed by atoms with Gasteiger partial charge in [-0.25, -0.2) is 14.2 Å². The van der Waals surface area contributed by atoms with Crippen LogP contribution in [0.5, 0.6) is 0 Å². The van der Waals surface area contributed by atoms with Gasteiger partial charge in [-0.3, -0.25) is 15.1 Å². The van der Waals surface area contributed by atoms with Gasteiger partial charge >= 0.3 is 10.4 Å². The fraction of sp³-hybridized carbons (Fsp3) is 0.632. The number of aliphatic hydroxyl groups is 2. The monoisotopic (exact) mass is 515 g/mol. The van der Waals surface area contributed by atoms with Gasteiger partial charge in [0, 0.05) is 5.92 Å². The first-order valence-electron chi connectivity index (χ1n) is 10.7. The predicted octanol–water partition coefficient (Wildman–Crippen LogP) is -3.37. The highest BCUT2D eigenvalue weighted by molar-refractivity contribution is 7.80. The molecule has 16 heteroatoms. The molecule has 0 amide bonds. The van der Waals surface area contributed by atoms with E-state index in [2.05, 4.69) is 26.1 Å². The van der Waals surface area contributed by atoms with Gasteiger partial charge in [-0.15, -0.1) is 0 Å². The number of rotatable bonds is 6. The van der Waals surface area contributed by atoms with E-state index >= 15 is 0 Å². The standard InChI is InChI=1S/C19H29N7O8S/c1-8(2)10-5-4-9(3)14(27)17(10,22)33-7-11-13-18(25-15(20)24-13)19(28,29)12(34-35(30,31)32)6-26(18)16(21)23-11/h4,10-13,28-29H,1,5-7,22H2,2-3H3,(H2,21,23)(H3,20,24,25)(H,30,31,32). The molecule has 4 rings (SSSR count). The number of carbonyl (C=O) groups is 1. The van der Waals surface area contributed by atoms with E-state index in [-0.39, 0.29) is 18.5 Å². The summed E-state index contributed by atoms with van der Waals surface area (Å²) in [6.45, 7) is 6.43. The van der Waals surface area contributed by atoms with Crippen molar-refractivity contribution in [2.24, 2.45) is 33.1 Å². The molecule has 1 fully saturated rings. The van der Waals surface area contributed by atoms with E-state index in [1.807, 2.05) is 0 Å². The Morgan fingerprint density at radius 2 is 2.03 bits per heavy atom. The third kappa shape index (κ3) is 3.72. The molecule has 0 radical (unpaired) electrons. The number of Topliss-reactive ketones (excluding diaryl/α,β-unsaturated/α-hetero) is 1. The summed E-state index contributed by atoms with van der Waals surface area (Å²) >= 11 is 0. The third-order valence-corrected chi connectivity index (χ3v) is 7.44. The Bertz CT molecular complexity index is 1170. The van der Waals surface area contributed by atoms with Gasteiger partial charge in [-0.1, -0.05) is 18.2 Å². The van der Waals surface area contributed by atoms with Gasteiger partial charge in [-0.2, -0.15) is 8.42 Å². The molecular formula is C19H29N7O8S. The van der Waals surface area contributed by atoms with Crippen LogP contribution in [0.1, 0.15) is 20.3 Å². The van der Waals surface area contributed by atoms with E-state index in [0.717, 1.165) is 4.90 Å². The average molecular weight is 516 g/mol. The summed E-state index contributed by atoms with van der Waals surface area (Å²) in [5, 5.41) is 24.8. The van der Waals surface area contributed by atoms with Crippen molar-refractivity contribution in [3.63, 3.8) is 0 Å². The van der Waals surface area contributed by atoms with Gasteiger partial charge in [0.25, 0.3) is 0 Å². The molecule has 0 aromatic carbocycles. The molecule has 0 saturated carbocycles. The van der Waals surface area contributed by atoms with Gasteiger partial charge in [0.15, 0.2) is 29.4 Å². The van der Waals surface area contributed by atoms with Crippen molar-refractivity contribution in [1.82, 2.24) is 10.2 Å². The Labute approximate surface area is 201 Å². The zero-order chi connectivity index (χ0) is 26.1. The van der Waals surface area contributed by atoms with E-state index in [1.165, 1.54) is 0 Å². The molecule has 194 valence electrons. The van der Waals surface area contributed by atoms with Crippen LogP contribution in [0.15, 0.2) is 33.8 Å². The van der Waals surface area contributed by atoms with Crippen molar-refractivity contribution < 1.29 is 36.9 Å². The lowest BCUT2D eigenvalue weighted by atomic mass is 9.77. The predicted molar refractivity (Wildman–Crippen MR) is 122 cm³/mol. The molecule has 6 atom stereocenters. The van der Waals surface area contributed by atoms with Crippen LogP contribution in [0.25, 0.3) is 0 Å². The second-order valence-corrected chi connectivity index (χ2v) is 10.3. The minimum Gasteiger partial charge on any atom is -0.370 e. The number of nitrogens with zero attached hydrogens (tertiary/aromatic N) is 3. The normalized spacial score (nSPS) is 38.2. The summed E-state index contributed by atoms with van der Waals surface area (Å²) in [6, 6.07) is -2.23. The molecule has 10 N–H and O–H groups in total.